The molecular weight excluding hydrogens is 234 g/mol. The fourth-order valence-corrected chi connectivity index (χ4v) is 4.71. The van der Waals surface area contributed by atoms with Gasteiger partial charge in [0.25, 0.3) is 0 Å². The predicted octanol–water partition coefficient (Wildman–Crippen LogP) is 3.29. The molecule has 0 bridgehead atoms. The van der Waals surface area contributed by atoms with Gasteiger partial charge in [0.2, 0.25) is 0 Å². The van der Waals surface area contributed by atoms with Gasteiger partial charge in [-0.25, -0.2) is 0 Å². The Morgan fingerprint density at radius 3 is 2.53 bits per heavy atom. The molecule has 0 aromatic rings. The zero-order chi connectivity index (χ0) is 13.3. The van der Waals surface area contributed by atoms with Crippen molar-refractivity contribution in [2.75, 3.05) is 6.54 Å². The maximum absolute atomic E-state index is 6.29. The predicted molar refractivity (Wildman–Crippen MR) is 80.2 cm³/mol. The molecule has 2 fully saturated rings. The third-order valence-corrected chi connectivity index (χ3v) is 5.55. The van der Waals surface area contributed by atoms with E-state index in [9.17, 15) is 0 Å². The monoisotopic (exact) mass is 263 g/mol. The number of guanidine groups is 1. The molecule has 3 rings (SSSR count). The van der Waals surface area contributed by atoms with E-state index in [4.69, 9.17) is 5.73 Å². The standard InChI is InChI=1S/C16H29N3/c1-13-7-6-10-16(11-13)12-18-15(17)19(16)14-8-4-2-3-5-9-14/h13-14H,2-12H2,1H3,(H2,17,18). The van der Waals surface area contributed by atoms with Gasteiger partial charge < -0.3 is 10.6 Å². The van der Waals surface area contributed by atoms with E-state index in [0.29, 0.717) is 6.04 Å². The average Bonchev–Trinajstić information content (AvgIpc) is 2.59. The molecule has 0 amide bonds. The van der Waals surface area contributed by atoms with E-state index in [-0.39, 0.29) is 5.54 Å². The first-order valence-electron chi connectivity index (χ1n) is 8.30. The van der Waals surface area contributed by atoms with Gasteiger partial charge in [0.15, 0.2) is 5.96 Å². The van der Waals surface area contributed by atoms with E-state index in [0.717, 1.165) is 18.4 Å². The van der Waals surface area contributed by atoms with Gasteiger partial charge in [-0.2, -0.15) is 0 Å². The third-order valence-electron chi connectivity index (χ3n) is 5.55. The van der Waals surface area contributed by atoms with Crippen LogP contribution in [0.15, 0.2) is 4.99 Å². The van der Waals surface area contributed by atoms with E-state index in [2.05, 4.69) is 16.8 Å². The number of nitrogens with zero attached hydrogens (tertiary/aromatic N) is 2. The zero-order valence-electron chi connectivity index (χ0n) is 12.4. The largest absolute Gasteiger partial charge is 0.370 e. The van der Waals surface area contributed by atoms with Crippen LogP contribution >= 0.6 is 0 Å². The van der Waals surface area contributed by atoms with Crippen LogP contribution in [0.4, 0.5) is 0 Å². The lowest BCUT2D eigenvalue weighted by molar-refractivity contribution is 0.0744. The molecule has 0 radical (unpaired) electrons. The summed E-state index contributed by atoms with van der Waals surface area (Å²) in [6.45, 7) is 3.36. The summed E-state index contributed by atoms with van der Waals surface area (Å²) in [5, 5.41) is 0. The maximum Gasteiger partial charge on any atom is 0.192 e. The second kappa shape index (κ2) is 5.34. The fraction of sp³-hybridized carbons (Fsp3) is 0.938. The van der Waals surface area contributed by atoms with Crippen LogP contribution in [0.1, 0.15) is 71.1 Å². The van der Waals surface area contributed by atoms with Crippen LogP contribution < -0.4 is 5.73 Å². The van der Waals surface area contributed by atoms with Crippen LogP contribution in [0.2, 0.25) is 0 Å². The molecule has 1 spiro atoms. The molecule has 1 aliphatic heterocycles. The van der Waals surface area contributed by atoms with Crippen molar-refractivity contribution >= 4 is 5.96 Å². The van der Waals surface area contributed by atoms with Crippen molar-refractivity contribution < 1.29 is 0 Å². The van der Waals surface area contributed by atoms with Crippen LogP contribution in [0.5, 0.6) is 0 Å². The van der Waals surface area contributed by atoms with Crippen LogP contribution in [0.3, 0.4) is 0 Å². The number of aliphatic imine (C=N–C) groups is 1. The van der Waals surface area contributed by atoms with Crippen LogP contribution in [0, 0.1) is 5.92 Å². The fourth-order valence-electron chi connectivity index (χ4n) is 4.71. The topological polar surface area (TPSA) is 41.6 Å². The summed E-state index contributed by atoms with van der Waals surface area (Å²) in [4.78, 5) is 7.23. The van der Waals surface area contributed by atoms with Crippen molar-refractivity contribution in [3.05, 3.63) is 0 Å². The Bertz CT molecular complexity index is 344. The van der Waals surface area contributed by atoms with Crippen molar-refractivity contribution in [1.82, 2.24) is 4.90 Å². The first-order valence-corrected chi connectivity index (χ1v) is 8.30. The molecule has 0 saturated heterocycles. The lowest BCUT2D eigenvalue weighted by atomic mass is 9.75. The molecular formula is C16H29N3. The molecule has 3 heteroatoms. The van der Waals surface area contributed by atoms with E-state index in [1.807, 2.05) is 0 Å². The summed E-state index contributed by atoms with van der Waals surface area (Å²) in [6, 6.07) is 0.666. The van der Waals surface area contributed by atoms with Crippen LogP contribution in [-0.4, -0.2) is 29.0 Å². The van der Waals surface area contributed by atoms with E-state index in [1.54, 1.807) is 0 Å². The number of hydrogen-bond donors (Lipinski definition) is 1. The molecule has 1 heterocycles. The van der Waals surface area contributed by atoms with Crippen molar-refractivity contribution in [2.24, 2.45) is 16.6 Å². The summed E-state index contributed by atoms with van der Waals surface area (Å²) in [7, 11) is 0. The number of rotatable bonds is 1. The molecule has 0 aromatic carbocycles. The van der Waals surface area contributed by atoms with Crippen molar-refractivity contribution in [2.45, 2.75) is 82.7 Å². The lowest BCUT2D eigenvalue weighted by Crippen LogP contribution is -2.57. The zero-order valence-corrected chi connectivity index (χ0v) is 12.4. The highest BCUT2D eigenvalue weighted by molar-refractivity contribution is 5.81. The molecule has 3 aliphatic rings. The highest BCUT2D eigenvalue weighted by atomic mass is 15.4. The first-order chi connectivity index (χ1) is 9.21. The number of nitrogens with two attached hydrogens (primary N) is 1. The molecule has 2 N–H and O–H groups in total. The Hall–Kier alpha value is -0.730. The summed E-state index contributed by atoms with van der Waals surface area (Å²) in [6.07, 6.45) is 13.6. The van der Waals surface area contributed by atoms with Gasteiger partial charge in [-0.3, -0.25) is 4.99 Å². The highest BCUT2D eigenvalue weighted by Gasteiger charge is 2.47. The van der Waals surface area contributed by atoms with Gasteiger partial charge in [0, 0.05) is 6.04 Å². The normalized spacial score (nSPS) is 37.4. The minimum Gasteiger partial charge on any atom is -0.370 e. The average molecular weight is 263 g/mol. The van der Waals surface area contributed by atoms with Gasteiger partial charge in [-0.15, -0.1) is 0 Å². The van der Waals surface area contributed by atoms with Crippen LogP contribution in [-0.2, 0) is 0 Å². The SMILES string of the molecule is CC1CCCC2(CN=C(N)N2C2CCCCCC2)C1. The van der Waals surface area contributed by atoms with E-state index < -0.39 is 0 Å². The minimum absolute atomic E-state index is 0.288. The van der Waals surface area contributed by atoms with Crippen molar-refractivity contribution in [3.63, 3.8) is 0 Å². The smallest absolute Gasteiger partial charge is 0.192 e. The Balaban J connectivity index is 1.80. The quantitative estimate of drug-likeness (QED) is 0.738. The Labute approximate surface area is 117 Å². The van der Waals surface area contributed by atoms with Gasteiger partial charge in [0.1, 0.15) is 0 Å². The second-order valence-electron chi connectivity index (χ2n) is 7.12. The maximum atomic E-state index is 6.29. The number of hydrogen-bond acceptors (Lipinski definition) is 3. The summed E-state index contributed by atoms with van der Waals surface area (Å²) in [5.74, 6) is 1.68. The Morgan fingerprint density at radius 1 is 1.11 bits per heavy atom. The van der Waals surface area contributed by atoms with Crippen molar-refractivity contribution in [1.29, 1.82) is 0 Å². The summed E-state index contributed by atoms with van der Waals surface area (Å²) < 4.78 is 0. The highest BCUT2D eigenvalue weighted by Crippen LogP contribution is 2.42. The molecule has 2 unspecified atom stereocenters. The molecule has 19 heavy (non-hydrogen) atoms. The molecule has 2 saturated carbocycles. The van der Waals surface area contributed by atoms with Crippen molar-refractivity contribution in [3.8, 4) is 0 Å². The second-order valence-corrected chi connectivity index (χ2v) is 7.12. The molecule has 2 aliphatic carbocycles. The summed E-state index contributed by atoms with van der Waals surface area (Å²) in [5.41, 5.74) is 6.58. The van der Waals surface area contributed by atoms with Gasteiger partial charge in [-0.05, 0) is 31.6 Å². The van der Waals surface area contributed by atoms with E-state index >= 15 is 0 Å². The molecule has 108 valence electrons. The van der Waals surface area contributed by atoms with Gasteiger partial charge >= 0.3 is 0 Å². The molecule has 2 atom stereocenters. The lowest BCUT2D eigenvalue weighted by Gasteiger charge is -2.47. The first kappa shape index (κ1) is 13.3. The Morgan fingerprint density at radius 2 is 1.84 bits per heavy atom. The minimum atomic E-state index is 0.288. The van der Waals surface area contributed by atoms with Gasteiger partial charge in [0.05, 0.1) is 12.1 Å². The summed E-state index contributed by atoms with van der Waals surface area (Å²) >= 11 is 0. The molecule has 3 nitrogen and oxygen atoms in total. The van der Waals surface area contributed by atoms with Crippen LogP contribution in [0.25, 0.3) is 0 Å². The van der Waals surface area contributed by atoms with Gasteiger partial charge in [-0.1, -0.05) is 45.4 Å². The Kier molecular flexibility index (Phi) is 3.72. The third kappa shape index (κ3) is 2.48. The van der Waals surface area contributed by atoms with E-state index in [1.165, 1.54) is 64.2 Å². The molecule has 0 aromatic heterocycles.